The summed E-state index contributed by atoms with van der Waals surface area (Å²) in [4.78, 5) is 27.3. The van der Waals surface area contributed by atoms with Crippen LogP contribution in [-0.2, 0) is 11.2 Å². The Morgan fingerprint density at radius 2 is 2.11 bits per heavy atom. The maximum atomic E-state index is 12.2. The highest BCUT2D eigenvalue weighted by Crippen LogP contribution is 2.18. The van der Waals surface area contributed by atoms with Crippen molar-refractivity contribution in [2.75, 3.05) is 26.7 Å². The number of likely N-dealkylation sites (N-methyl/N-ethyl adjacent to an activating group) is 1. The second kappa shape index (κ2) is 5.21. The summed E-state index contributed by atoms with van der Waals surface area (Å²) in [6, 6.07) is 7.61. The van der Waals surface area contributed by atoms with E-state index in [1.807, 2.05) is 31.2 Å². The largest absolute Gasteiger partial charge is 0.345 e. The molecule has 0 saturated heterocycles. The quantitative estimate of drug-likeness (QED) is 0.803. The van der Waals surface area contributed by atoms with Gasteiger partial charge in [-0.15, -0.1) is 0 Å². The molecule has 4 nitrogen and oxygen atoms in total. The van der Waals surface area contributed by atoms with E-state index in [1.54, 1.807) is 16.8 Å². The minimum Gasteiger partial charge on any atom is -0.345 e. The van der Waals surface area contributed by atoms with Crippen LogP contribution in [0.2, 0.25) is 0 Å². The predicted molar refractivity (Wildman–Crippen MR) is 69.4 cm³/mol. The van der Waals surface area contributed by atoms with Gasteiger partial charge >= 0.3 is 0 Å². The lowest BCUT2D eigenvalue weighted by molar-refractivity contribution is -0.130. The summed E-state index contributed by atoms with van der Waals surface area (Å²) in [5, 5.41) is 0. The topological polar surface area (TPSA) is 40.6 Å². The van der Waals surface area contributed by atoms with Crippen molar-refractivity contribution in [1.82, 2.24) is 9.80 Å². The third kappa shape index (κ3) is 2.37. The number of rotatable bonds is 3. The van der Waals surface area contributed by atoms with E-state index >= 15 is 0 Å². The van der Waals surface area contributed by atoms with Crippen LogP contribution in [0, 0.1) is 0 Å². The van der Waals surface area contributed by atoms with Crippen LogP contribution in [0.4, 0.5) is 0 Å². The van der Waals surface area contributed by atoms with Crippen molar-refractivity contribution in [3.63, 3.8) is 0 Å². The Balaban J connectivity index is 2.10. The fourth-order valence-electron chi connectivity index (χ4n) is 2.09. The number of hydrogen-bond acceptors (Lipinski definition) is 2. The molecule has 0 aromatic heterocycles. The average molecular weight is 246 g/mol. The number of benzene rings is 1. The second-order valence-electron chi connectivity index (χ2n) is 4.54. The molecule has 0 spiro atoms. The van der Waals surface area contributed by atoms with Gasteiger partial charge in [-0.3, -0.25) is 9.59 Å². The smallest absolute Gasteiger partial charge is 0.254 e. The zero-order chi connectivity index (χ0) is 13.1. The van der Waals surface area contributed by atoms with Crippen molar-refractivity contribution < 1.29 is 9.59 Å². The van der Waals surface area contributed by atoms with E-state index in [0.717, 1.165) is 17.5 Å². The molecule has 1 heterocycles. The monoisotopic (exact) mass is 246 g/mol. The Morgan fingerprint density at radius 1 is 1.39 bits per heavy atom. The van der Waals surface area contributed by atoms with E-state index in [2.05, 4.69) is 0 Å². The van der Waals surface area contributed by atoms with Gasteiger partial charge in [0.15, 0.2) is 0 Å². The number of nitrogens with zero attached hydrogens (tertiary/aromatic N) is 2. The minimum absolute atomic E-state index is 0.00905. The van der Waals surface area contributed by atoms with Crippen LogP contribution >= 0.6 is 0 Å². The first kappa shape index (κ1) is 12.6. The van der Waals surface area contributed by atoms with Crippen molar-refractivity contribution in [1.29, 1.82) is 0 Å². The first-order valence-corrected chi connectivity index (χ1v) is 6.24. The van der Waals surface area contributed by atoms with E-state index < -0.39 is 0 Å². The van der Waals surface area contributed by atoms with Gasteiger partial charge in [0.25, 0.3) is 5.91 Å². The number of hydrogen-bond donors (Lipinski definition) is 0. The fraction of sp³-hybridized carbons (Fsp3) is 0.429. The molecule has 18 heavy (non-hydrogen) atoms. The fourth-order valence-corrected chi connectivity index (χ4v) is 2.09. The van der Waals surface area contributed by atoms with Gasteiger partial charge < -0.3 is 9.80 Å². The Hall–Kier alpha value is -1.84. The van der Waals surface area contributed by atoms with E-state index in [4.69, 9.17) is 0 Å². The maximum Gasteiger partial charge on any atom is 0.254 e. The summed E-state index contributed by atoms with van der Waals surface area (Å²) in [6.45, 7) is 3.39. The summed E-state index contributed by atoms with van der Waals surface area (Å²) in [6.07, 6.45) is 0.824. The normalized spacial score (nSPS) is 14.3. The molecular weight excluding hydrogens is 228 g/mol. The van der Waals surface area contributed by atoms with Gasteiger partial charge in [-0.2, -0.15) is 0 Å². The summed E-state index contributed by atoms with van der Waals surface area (Å²) in [5.74, 6) is -0.0417. The predicted octanol–water partition coefficient (Wildman–Crippen LogP) is 1.16. The number of fused-ring (bicyclic) bond motifs is 1. The van der Waals surface area contributed by atoms with Gasteiger partial charge in [0, 0.05) is 25.7 Å². The molecule has 2 amide bonds. The van der Waals surface area contributed by atoms with Gasteiger partial charge in [0.05, 0.1) is 0 Å². The molecule has 0 N–H and O–H groups in total. The Labute approximate surface area is 107 Å². The highest BCUT2D eigenvalue weighted by molar-refractivity contribution is 5.98. The van der Waals surface area contributed by atoms with Crippen molar-refractivity contribution in [2.45, 2.75) is 13.3 Å². The minimum atomic E-state index is -0.0327. The van der Waals surface area contributed by atoms with Crippen LogP contribution < -0.4 is 0 Å². The molecular formula is C14H18N2O2. The van der Waals surface area contributed by atoms with E-state index in [-0.39, 0.29) is 18.4 Å². The molecule has 0 fully saturated rings. The highest BCUT2D eigenvalue weighted by Gasteiger charge is 2.25. The van der Waals surface area contributed by atoms with Crippen LogP contribution in [0.3, 0.4) is 0 Å². The number of carbonyl (C=O) groups excluding carboxylic acids is 2. The Kier molecular flexibility index (Phi) is 3.65. The molecule has 1 aliphatic rings. The maximum absolute atomic E-state index is 12.2. The summed E-state index contributed by atoms with van der Waals surface area (Å²) in [7, 11) is 1.75. The van der Waals surface area contributed by atoms with Gasteiger partial charge in [-0.1, -0.05) is 18.2 Å². The molecule has 0 radical (unpaired) electrons. The lowest BCUT2D eigenvalue weighted by Crippen LogP contribution is -2.44. The van der Waals surface area contributed by atoms with Crippen LogP contribution in [0.15, 0.2) is 24.3 Å². The zero-order valence-electron chi connectivity index (χ0n) is 10.8. The van der Waals surface area contributed by atoms with Gasteiger partial charge in [-0.05, 0) is 25.0 Å². The van der Waals surface area contributed by atoms with E-state index in [1.165, 1.54) is 0 Å². The van der Waals surface area contributed by atoms with Gasteiger partial charge in [0.2, 0.25) is 5.91 Å². The molecule has 0 atom stereocenters. The Morgan fingerprint density at radius 3 is 2.83 bits per heavy atom. The molecule has 1 aromatic carbocycles. The first-order chi connectivity index (χ1) is 8.63. The van der Waals surface area contributed by atoms with Crippen LogP contribution in [0.5, 0.6) is 0 Å². The molecule has 4 heteroatoms. The molecule has 1 aliphatic heterocycles. The van der Waals surface area contributed by atoms with E-state index in [9.17, 15) is 9.59 Å². The number of amides is 2. The molecule has 1 aromatic rings. The van der Waals surface area contributed by atoms with Crippen molar-refractivity contribution in [3.8, 4) is 0 Å². The molecule has 96 valence electrons. The molecule has 2 rings (SSSR count). The SMILES string of the molecule is CCN(C)C(=O)CN1CCc2ccccc2C1=O. The van der Waals surface area contributed by atoms with E-state index in [0.29, 0.717) is 13.1 Å². The summed E-state index contributed by atoms with van der Waals surface area (Å²) < 4.78 is 0. The van der Waals surface area contributed by atoms with Crippen LogP contribution in [-0.4, -0.2) is 48.3 Å². The Bertz CT molecular complexity index is 471. The van der Waals surface area contributed by atoms with Crippen molar-refractivity contribution >= 4 is 11.8 Å². The molecule has 0 aliphatic carbocycles. The lowest BCUT2D eigenvalue weighted by Gasteiger charge is -2.29. The van der Waals surface area contributed by atoms with Crippen LogP contribution in [0.1, 0.15) is 22.8 Å². The summed E-state index contributed by atoms with van der Waals surface area (Å²) in [5.41, 5.74) is 1.81. The van der Waals surface area contributed by atoms with Gasteiger partial charge in [-0.25, -0.2) is 0 Å². The third-order valence-corrected chi connectivity index (χ3v) is 3.41. The van der Waals surface area contributed by atoms with Crippen molar-refractivity contribution in [2.24, 2.45) is 0 Å². The van der Waals surface area contributed by atoms with Crippen LogP contribution in [0.25, 0.3) is 0 Å². The third-order valence-electron chi connectivity index (χ3n) is 3.41. The average Bonchev–Trinajstić information content (AvgIpc) is 2.41. The summed E-state index contributed by atoms with van der Waals surface area (Å²) >= 11 is 0. The number of carbonyl (C=O) groups is 2. The van der Waals surface area contributed by atoms with Crippen molar-refractivity contribution in [3.05, 3.63) is 35.4 Å². The molecule has 0 saturated carbocycles. The molecule has 0 bridgehead atoms. The second-order valence-corrected chi connectivity index (χ2v) is 4.54. The van der Waals surface area contributed by atoms with Gasteiger partial charge in [0.1, 0.15) is 6.54 Å². The molecule has 0 unspecified atom stereocenters. The highest BCUT2D eigenvalue weighted by atomic mass is 16.2. The zero-order valence-corrected chi connectivity index (χ0v) is 10.8. The standard InChI is InChI=1S/C14H18N2O2/c1-3-15(2)13(17)10-16-9-8-11-6-4-5-7-12(11)14(16)18/h4-7H,3,8-10H2,1-2H3. The first-order valence-electron chi connectivity index (χ1n) is 6.24. The lowest BCUT2D eigenvalue weighted by atomic mass is 9.99.